The number of nitrogens with zero attached hydrogens (tertiary/aromatic N) is 3. The van der Waals surface area contributed by atoms with Crippen LogP contribution in [0.2, 0.25) is 0 Å². The summed E-state index contributed by atoms with van der Waals surface area (Å²) >= 11 is 0. The Morgan fingerprint density at radius 2 is 1.96 bits per heavy atom. The van der Waals surface area contributed by atoms with Gasteiger partial charge in [0.25, 0.3) is 0 Å². The zero-order valence-corrected chi connectivity index (χ0v) is 16.4. The Hall–Kier alpha value is -2.88. The Bertz CT molecular complexity index is 1110. The van der Waals surface area contributed by atoms with Gasteiger partial charge >= 0.3 is 0 Å². The molecule has 0 radical (unpaired) electrons. The van der Waals surface area contributed by atoms with E-state index in [0.717, 1.165) is 51.8 Å². The monoisotopic (exact) mass is 359 g/mol. The molecule has 0 spiro atoms. The van der Waals surface area contributed by atoms with Crippen LogP contribution in [-0.4, -0.2) is 22.9 Å². The van der Waals surface area contributed by atoms with Crippen LogP contribution in [0.15, 0.2) is 47.5 Å². The largest absolute Gasteiger partial charge is 0.366 e. The Labute approximate surface area is 159 Å². The highest BCUT2D eigenvalue weighted by atomic mass is 16.1. The summed E-state index contributed by atoms with van der Waals surface area (Å²) in [6, 6.07) is 10.3. The van der Waals surface area contributed by atoms with E-state index in [1.165, 1.54) is 0 Å². The highest BCUT2D eigenvalue weighted by Gasteiger charge is 2.22. The second-order valence-corrected chi connectivity index (χ2v) is 7.90. The predicted octanol–water partition coefficient (Wildman–Crippen LogP) is 4.26. The lowest BCUT2D eigenvalue weighted by Gasteiger charge is -2.31. The Kier molecular flexibility index (Phi) is 4.34. The molecule has 4 heteroatoms. The molecule has 2 aromatic carbocycles. The quantitative estimate of drug-likeness (QED) is 0.701. The van der Waals surface area contributed by atoms with Crippen LogP contribution >= 0.6 is 0 Å². The van der Waals surface area contributed by atoms with Gasteiger partial charge in [-0.15, -0.1) is 0 Å². The van der Waals surface area contributed by atoms with E-state index in [4.69, 9.17) is 0 Å². The van der Waals surface area contributed by atoms with Crippen molar-refractivity contribution in [3.8, 4) is 0 Å². The molecular weight excluding hydrogens is 334 g/mol. The van der Waals surface area contributed by atoms with Crippen LogP contribution in [0.1, 0.15) is 30.5 Å². The lowest BCUT2D eigenvalue weighted by atomic mass is 9.98. The highest BCUT2D eigenvalue weighted by Crippen LogP contribution is 2.32. The van der Waals surface area contributed by atoms with Crippen molar-refractivity contribution < 1.29 is 0 Å². The molecule has 138 valence electrons. The molecule has 0 N–H and O–H groups in total. The number of aromatic nitrogens is 2. The van der Waals surface area contributed by atoms with Gasteiger partial charge in [-0.25, -0.2) is 0 Å². The summed E-state index contributed by atoms with van der Waals surface area (Å²) in [6.07, 6.45) is 5.95. The number of rotatable bonds is 3. The molecule has 0 atom stereocenters. The fourth-order valence-electron chi connectivity index (χ4n) is 3.82. The number of hydrogen-bond acceptors (Lipinski definition) is 3. The topological polar surface area (TPSA) is 38.1 Å². The molecule has 4 nitrogen and oxygen atoms in total. The summed E-state index contributed by atoms with van der Waals surface area (Å²) in [4.78, 5) is 15.8. The average molecular weight is 359 g/mol. The summed E-state index contributed by atoms with van der Waals surface area (Å²) in [6.45, 7) is 8.14. The average Bonchev–Trinajstić information content (AvgIpc) is 3.00. The number of fused-ring (bicyclic) bond motifs is 2. The number of aryl methyl sites for hydroxylation is 2. The summed E-state index contributed by atoms with van der Waals surface area (Å²) < 4.78 is 1.81. The van der Waals surface area contributed by atoms with E-state index >= 15 is 0 Å². The first-order chi connectivity index (χ1) is 12.9. The van der Waals surface area contributed by atoms with E-state index in [-0.39, 0.29) is 5.43 Å². The number of benzene rings is 1. The lowest BCUT2D eigenvalue weighted by molar-refractivity contribution is 0.627. The Morgan fingerprint density at radius 1 is 1.19 bits per heavy atom. The fraction of sp³-hybridized carbons (Fsp3) is 0.304. The molecule has 2 heterocycles. The second kappa shape index (κ2) is 6.69. The van der Waals surface area contributed by atoms with Crippen LogP contribution < -0.4 is 10.3 Å². The second-order valence-electron chi connectivity index (χ2n) is 7.90. The van der Waals surface area contributed by atoms with Crippen molar-refractivity contribution >= 4 is 28.1 Å². The van der Waals surface area contributed by atoms with Gasteiger partial charge in [0.1, 0.15) is 0 Å². The third-order valence-corrected chi connectivity index (χ3v) is 5.08. The van der Waals surface area contributed by atoms with E-state index in [0.29, 0.717) is 5.92 Å². The maximum absolute atomic E-state index is 13.4. The minimum Gasteiger partial charge on any atom is -0.366 e. The minimum atomic E-state index is 0.101. The van der Waals surface area contributed by atoms with Crippen molar-refractivity contribution in [1.29, 1.82) is 0 Å². The van der Waals surface area contributed by atoms with Crippen molar-refractivity contribution in [3.63, 3.8) is 0 Å². The van der Waals surface area contributed by atoms with Crippen LogP contribution in [0, 0.1) is 12.8 Å². The van der Waals surface area contributed by atoms with E-state index in [2.05, 4.69) is 48.1 Å². The van der Waals surface area contributed by atoms with Crippen LogP contribution in [0.5, 0.6) is 0 Å². The van der Waals surface area contributed by atoms with Crippen molar-refractivity contribution in [2.24, 2.45) is 13.0 Å². The third kappa shape index (κ3) is 3.27. The van der Waals surface area contributed by atoms with Crippen LogP contribution in [-0.2, 0) is 7.05 Å². The van der Waals surface area contributed by atoms with Gasteiger partial charge in [-0.05, 0) is 42.0 Å². The molecule has 0 fully saturated rings. The molecule has 1 aromatic heterocycles. The maximum atomic E-state index is 13.4. The molecule has 0 bridgehead atoms. The van der Waals surface area contributed by atoms with Gasteiger partial charge in [0.2, 0.25) is 0 Å². The van der Waals surface area contributed by atoms with E-state index in [1.54, 1.807) is 4.68 Å². The normalized spacial score (nSPS) is 13.8. The SMILES string of the molecule is Cc1ccc2ccc3c(c(=O)c2c1)C=C(c1cnn(C)c1)CN3CC(C)C. The predicted molar refractivity (Wildman–Crippen MR) is 113 cm³/mol. The van der Waals surface area contributed by atoms with E-state index in [9.17, 15) is 4.79 Å². The Morgan fingerprint density at radius 3 is 2.67 bits per heavy atom. The van der Waals surface area contributed by atoms with Crippen molar-refractivity contribution in [1.82, 2.24) is 9.78 Å². The molecular formula is C23H25N3O. The van der Waals surface area contributed by atoms with E-state index in [1.807, 2.05) is 38.5 Å². The maximum Gasteiger partial charge on any atom is 0.195 e. The zero-order chi connectivity index (χ0) is 19.1. The zero-order valence-electron chi connectivity index (χ0n) is 16.4. The first-order valence-corrected chi connectivity index (χ1v) is 9.44. The smallest absolute Gasteiger partial charge is 0.195 e. The van der Waals surface area contributed by atoms with Gasteiger partial charge in [-0.3, -0.25) is 9.48 Å². The van der Waals surface area contributed by atoms with Gasteiger partial charge in [0.15, 0.2) is 5.43 Å². The van der Waals surface area contributed by atoms with Gasteiger partial charge < -0.3 is 4.90 Å². The summed E-state index contributed by atoms with van der Waals surface area (Å²) in [5.74, 6) is 0.503. The Balaban J connectivity index is 1.99. The van der Waals surface area contributed by atoms with Crippen molar-refractivity contribution in [2.75, 3.05) is 18.0 Å². The van der Waals surface area contributed by atoms with Gasteiger partial charge in [0, 0.05) is 48.5 Å². The number of hydrogen-bond donors (Lipinski definition) is 0. The summed E-state index contributed by atoms with van der Waals surface area (Å²) in [7, 11) is 1.92. The standard InChI is InChI=1S/C23H25N3O/c1-15(2)12-26-14-18(19-11-24-25(4)13-19)10-21-22(26)8-7-17-6-5-16(3)9-20(17)23(21)27/h5-11,13,15H,12,14H2,1-4H3. The molecule has 27 heavy (non-hydrogen) atoms. The van der Waals surface area contributed by atoms with Gasteiger partial charge in [-0.2, -0.15) is 5.10 Å². The van der Waals surface area contributed by atoms with Gasteiger partial charge in [-0.1, -0.05) is 37.6 Å². The van der Waals surface area contributed by atoms with E-state index < -0.39 is 0 Å². The summed E-state index contributed by atoms with van der Waals surface area (Å²) in [5.41, 5.74) is 5.22. The molecule has 3 aromatic rings. The van der Waals surface area contributed by atoms with Gasteiger partial charge in [0.05, 0.1) is 6.20 Å². The van der Waals surface area contributed by atoms with Crippen LogP contribution in [0.4, 0.5) is 5.69 Å². The molecule has 0 amide bonds. The molecule has 0 saturated heterocycles. The molecule has 0 unspecified atom stereocenters. The third-order valence-electron chi connectivity index (χ3n) is 5.08. The first-order valence-electron chi connectivity index (χ1n) is 9.44. The van der Waals surface area contributed by atoms with Crippen LogP contribution in [0.3, 0.4) is 0 Å². The van der Waals surface area contributed by atoms with Crippen molar-refractivity contribution in [3.05, 3.63) is 69.6 Å². The highest BCUT2D eigenvalue weighted by molar-refractivity contribution is 5.94. The first kappa shape index (κ1) is 17.5. The number of anilines is 1. The molecule has 0 aliphatic carbocycles. The minimum absolute atomic E-state index is 0.101. The molecule has 4 rings (SSSR count). The fourth-order valence-corrected chi connectivity index (χ4v) is 3.82. The van der Waals surface area contributed by atoms with Crippen molar-refractivity contribution in [2.45, 2.75) is 20.8 Å². The molecule has 1 aliphatic heterocycles. The molecule has 0 saturated carbocycles. The molecule has 1 aliphatic rings. The summed E-state index contributed by atoms with van der Waals surface area (Å²) in [5, 5.41) is 6.08. The lowest BCUT2D eigenvalue weighted by Crippen LogP contribution is -2.32. The van der Waals surface area contributed by atoms with Crippen LogP contribution in [0.25, 0.3) is 22.4 Å².